The third kappa shape index (κ3) is 8.34. The quantitative estimate of drug-likeness (QED) is 0.642. The molecule has 2 aliphatic rings. The van der Waals surface area contributed by atoms with Crippen molar-refractivity contribution in [2.45, 2.75) is 85.7 Å². The fourth-order valence-electron chi connectivity index (χ4n) is 4.66. The molecule has 1 aliphatic heterocycles. The third-order valence-corrected chi connectivity index (χ3v) is 6.50. The molecule has 1 unspecified atom stereocenters. The molecule has 0 aromatic rings. The number of alkyl carbamates (subject to hydrolysis) is 1. The van der Waals surface area contributed by atoms with Gasteiger partial charge in [-0.25, -0.2) is 4.79 Å². The number of nitrogens with one attached hydrogen (secondary N) is 2. The minimum absolute atomic E-state index is 0.0417. The largest absolute Gasteiger partial charge is 0.444 e. The first-order valence-electron chi connectivity index (χ1n) is 11.9. The second-order valence-electron chi connectivity index (χ2n) is 11.3. The standard InChI is InChI=1S/C24H43N3O4/c1-23(2,3)19-11-9-17(10-12-19)21(29)27-15-7-8-18(16-27)20(28)25-13-14-26-22(30)31-24(4,5)6/h17-19H,7-16H2,1-6H3,(H,25,28)(H,26,30). The van der Waals surface area contributed by atoms with E-state index in [4.69, 9.17) is 4.74 Å². The van der Waals surface area contributed by atoms with Crippen LogP contribution in [-0.2, 0) is 14.3 Å². The van der Waals surface area contributed by atoms with Gasteiger partial charge in [-0.15, -0.1) is 0 Å². The monoisotopic (exact) mass is 437 g/mol. The Morgan fingerprint density at radius 3 is 2.06 bits per heavy atom. The van der Waals surface area contributed by atoms with Crippen molar-refractivity contribution in [3.63, 3.8) is 0 Å². The highest BCUT2D eigenvalue weighted by Crippen LogP contribution is 2.40. The Balaban J connectivity index is 1.73. The van der Waals surface area contributed by atoms with Gasteiger partial charge in [-0.3, -0.25) is 9.59 Å². The first kappa shape index (κ1) is 25.5. The summed E-state index contributed by atoms with van der Waals surface area (Å²) >= 11 is 0. The van der Waals surface area contributed by atoms with E-state index in [1.165, 1.54) is 0 Å². The van der Waals surface area contributed by atoms with Crippen molar-refractivity contribution in [2.24, 2.45) is 23.2 Å². The molecule has 178 valence electrons. The summed E-state index contributed by atoms with van der Waals surface area (Å²) in [6.07, 6.45) is 5.32. The lowest BCUT2D eigenvalue weighted by atomic mass is 9.69. The van der Waals surface area contributed by atoms with Gasteiger partial charge in [0.05, 0.1) is 5.92 Å². The number of rotatable bonds is 5. The van der Waals surface area contributed by atoms with E-state index in [-0.39, 0.29) is 23.7 Å². The molecule has 1 heterocycles. The van der Waals surface area contributed by atoms with E-state index in [1.807, 2.05) is 4.90 Å². The summed E-state index contributed by atoms with van der Waals surface area (Å²) in [7, 11) is 0. The van der Waals surface area contributed by atoms with Gasteiger partial charge in [0, 0.05) is 32.1 Å². The molecule has 2 N–H and O–H groups in total. The number of nitrogens with zero attached hydrogens (tertiary/aromatic N) is 1. The van der Waals surface area contributed by atoms with Gasteiger partial charge >= 0.3 is 6.09 Å². The molecule has 31 heavy (non-hydrogen) atoms. The van der Waals surface area contributed by atoms with Crippen molar-refractivity contribution in [1.82, 2.24) is 15.5 Å². The molecule has 2 fully saturated rings. The van der Waals surface area contributed by atoms with Crippen LogP contribution < -0.4 is 10.6 Å². The molecule has 0 bridgehead atoms. The van der Waals surface area contributed by atoms with Crippen LogP contribution in [0.2, 0.25) is 0 Å². The molecule has 0 aromatic carbocycles. The Labute approximate surface area is 188 Å². The second-order valence-corrected chi connectivity index (χ2v) is 11.3. The normalized spacial score (nSPS) is 25.0. The summed E-state index contributed by atoms with van der Waals surface area (Å²) in [5, 5.41) is 5.53. The van der Waals surface area contributed by atoms with Crippen molar-refractivity contribution in [3.8, 4) is 0 Å². The molecule has 7 nitrogen and oxygen atoms in total. The van der Waals surface area contributed by atoms with Crippen molar-refractivity contribution < 1.29 is 19.1 Å². The van der Waals surface area contributed by atoms with Gasteiger partial charge in [-0.05, 0) is 70.6 Å². The van der Waals surface area contributed by atoms with E-state index in [9.17, 15) is 14.4 Å². The summed E-state index contributed by atoms with van der Waals surface area (Å²) in [6, 6.07) is 0. The number of carbonyl (C=O) groups excluding carboxylic acids is 3. The topological polar surface area (TPSA) is 87.7 Å². The maximum absolute atomic E-state index is 13.1. The fourth-order valence-corrected chi connectivity index (χ4v) is 4.66. The highest BCUT2D eigenvalue weighted by Gasteiger charge is 2.36. The van der Waals surface area contributed by atoms with Gasteiger partial charge in [-0.2, -0.15) is 0 Å². The summed E-state index contributed by atoms with van der Waals surface area (Å²) in [5.74, 6) is 0.811. The average molecular weight is 438 g/mol. The molecule has 0 aromatic heterocycles. The van der Waals surface area contributed by atoms with E-state index in [1.54, 1.807) is 20.8 Å². The summed E-state index contributed by atoms with van der Waals surface area (Å²) < 4.78 is 5.18. The van der Waals surface area contributed by atoms with Gasteiger partial charge in [-0.1, -0.05) is 20.8 Å². The Morgan fingerprint density at radius 2 is 1.48 bits per heavy atom. The zero-order valence-electron chi connectivity index (χ0n) is 20.4. The van der Waals surface area contributed by atoms with Crippen LogP contribution in [0.3, 0.4) is 0 Å². The lowest BCUT2D eigenvalue weighted by molar-refractivity contribution is -0.140. The van der Waals surface area contributed by atoms with Gasteiger partial charge < -0.3 is 20.3 Å². The number of ether oxygens (including phenoxy) is 1. The first-order chi connectivity index (χ1) is 14.4. The Kier molecular flexibility index (Phi) is 8.78. The predicted octanol–water partition coefficient (Wildman–Crippen LogP) is 3.72. The lowest BCUT2D eigenvalue weighted by Gasteiger charge is -2.39. The Hall–Kier alpha value is -1.79. The third-order valence-electron chi connectivity index (χ3n) is 6.50. The number of piperidine rings is 1. The number of hydrogen-bond acceptors (Lipinski definition) is 4. The summed E-state index contributed by atoms with van der Waals surface area (Å²) in [4.78, 5) is 39.2. The SMILES string of the molecule is CC(C)(C)OC(=O)NCCNC(=O)C1CCCN(C(=O)C2CCC(C(C)(C)C)CC2)C1. The van der Waals surface area contributed by atoms with Crippen LogP contribution in [0.25, 0.3) is 0 Å². The number of likely N-dealkylation sites (tertiary alicyclic amines) is 1. The molecule has 1 saturated heterocycles. The number of hydrogen-bond donors (Lipinski definition) is 2. The van der Waals surface area contributed by atoms with Crippen molar-refractivity contribution in [3.05, 3.63) is 0 Å². The van der Waals surface area contributed by atoms with E-state index < -0.39 is 11.7 Å². The van der Waals surface area contributed by atoms with Gasteiger partial charge in [0.2, 0.25) is 11.8 Å². The minimum Gasteiger partial charge on any atom is -0.444 e. The zero-order chi connectivity index (χ0) is 23.2. The highest BCUT2D eigenvalue weighted by atomic mass is 16.6. The predicted molar refractivity (Wildman–Crippen MR) is 121 cm³/mol. The molecule has 7 heteroatoms. The van der Waals surface area contributed by atoms with Crippen molar-refractivity contribution in [2.75, 3.05) is 26.2 Å². The maximum atomic E-state index is 13.1. The van der Waals surface area contributed by atoms with Crippen LogP contribution in [0.4, 0.5) is 4.79 Å². The maximum Gasteiger partial charge on any atom is 0.407 e. The molecule has 1 saturated carbocycles. The van der Waals surface area contributed by atoms with E-state index in [2.05, 4.69) is 31.4 Å². The van der Waals surface area contributed by atoms with E-state index in [0.717, 1.165) is 45.1 Å². The molecule has 3 amide bonds. The number of carbonyl (C=O) groups is 3. The Bertz CT molecular complexity index is 628. The molecule has 0 radical (unpaired) electrons. The zero-order valence-corrected chi connectivity index (χ0v) is 20.4. The molecule has 2 rings (SSSR count). The van der Waals surface area contributed by atoms with Crippen molar-refractivity contribution >= 4 is 17.9 Å². The molecule has 1 aliphatic carbocycles. The lowest BCUT2D eigenvalue weighted by Crippen LogP contribution is -2.48. The summed E-state index contributed by atoms with van der Waals surface area (Å²) in [5.41, 5.74) is -0.238. The van der Waals surface area contributed by atoms with Crippen molar-refractivity contribution in [1.29, 1.82) is 0 Å². The van der Waals surface area contributed by atoms with Crippen LogP contribution in [0.1, 0.15) is 80.1 Å². The van der Waals surface area contributed by atoms with Crippen LogP contribution in [0, 0.1) is 23.2 Å². The Morgan fingerprint density at radius 1 is 0.871 bits per heavy atom. The van der Waals surface area contributed by atoms with Crippen LogP contribution in [0.15, 0.2) is 0 Å². The van der Waals surface area contributed by atoms with Gasteiger partial charge in [0.1, 0.15) is 5.60 Å². The van der Waals surface area contributed by atoms with Crippen LogP contribution in [0.5, 0.6) is 0 Å². The number of amides is 3. The molecular weight excluding hydrogens is 394 g/mol. The average Bonchev–Trinajstić information content (AvgIpc) is 2.68. The first-order valence-corrected chi connectivity index (χ1v) is 11.9. The second kappa shape index (κ2) is 10.7. The summed E-state index contributed by atoms with van der Waals surface area (Å²) in [6.45, 7) is 14.2. The van der Waals surface area contributed by atoms with Gasteiger partial charge in [0.15, 0.2) is 0 Å². The van der Waals surface area contributed by atoms with Crippen LogP contribution in [-0.4, -0.2) is 54.6 Å². The molecule has 0 spiro atoms. The fraction of sp³-hybridized carbons (Fsp3) is 0.875. The van der Waals surface area contributed by atoms with E-state index >= 15 is 0 Å². The van der Waals surface area contributed by atoms with Gasteiger partial charge in [0.25, 0.3) is 0 Å². The smallest absolute Gasteiger partial charge is 0.407 e. The van der Waals surface area contributed by atoms with Crippen LogP contribution >= 0.6 is 0 Å². The highest BCUT2D eigenvalue weighted by molar-refractivity contribution is 5.82. The van der Waals surface area contributed by atoms with E-state index in [0.29, 0.717) is 31.0 Å². The minimum atomic E-state index is -0.544. The molecular formula is C24H43N3O4. The molecule has 1 atom stereocenters.